The van der Waals surface area contributed by atoms with Gasteiger partial charge in [-0.1, -0.05) is 24.0 Å². The van der Waals surface area contributed by atoms with Crippen molar-refractivity contribution in [3.63, 3.8) is 0 Å². The van der Waals surface area contributed by atoms with Gasteiger partial charge < -0.3 is 14.6 Å². The van der Waals surface area contributed by atoms with Gasteiger partial charge in [0.1, 0.15) is 19.0 Å². The van der Waals surface area contributed by atoms with Crippen LogP contribution >= 0.6 is 0 Å². The Morgan fingerprint density at radius 3 is 2.63 bits per heavy atom. The number of methoxy groups -OCH3 is 1. The minimum Gasteiger partial charge on any atom is -0.491 e. The van der Waals surface area contributed by atoms with Gasteiger partial charge in [0.15, 0.2) is 0 Å². The maximum Gasteiger partial charge on any atom is 0.120 e. The Labute approximate surface area is 112 Å². The fourth-order valence-corrected chi connectivity index (χ4v) is 1.78. The van der Waals surface area contributed by atoms with Gasteiger partial charge in [-0.15, -0.1) is 0 Å². The van der Waals surface area contributed by atoms with Gasteiger partial charge in [0.25, 0.3) is 0 Å². The normalized spacial score (nSPS) is 10.0. The van der Waals surface area contributed by atoms with Crippen LogP contribution in [0.4, 0.5) is 0 Å². The molecule has 2 aromatic rings. The van der Waals surface area contributed by atoms with Crippen molar-refractivity contribution in [3.05, 3.63) is 42.0 Å². The molecule has 0 spiro atoms. The number of aliphatic hydroxyl groups excluding tert-OH is 1. The lowest BCUT2D eigenvalue weighted by molar-refractivity contribution is 0.146. The molecule has 0 aromatic heterocycles. The van der Waals surface area contributed by atoms with Crippen LogP contribution in [0.1, 0.15) is 5.56 Å². The van der Waals surface area contributed by atoms with Crippen molar-refractivity contribution in [2.24, 2.45) is 0 Å². The average molecular weight is 256 g/mol. The fourth-order valence-electron chi connectivity index (χ4n) is 1.78. The maximum absolute atomic E-state index is 8.68. The SMILES string of the molecule is COCCOc1ccc2cc(C#CCO)ccc2c1. The van der Waals surface area contributed by atoms with E-state index < -0.39 is 0 Å². The second-order valence-electron chi connectivity index (χ2n) is 4.02. The van der Waals surface area contributed by atoms with Crippen LogP contribution in [0.25, 0.3) is 10.8 Å². The maximum atomic E-state index is 8.68. The summed E-state index contributed by atoms with van der Waals surface area (Å²) in [6.07, 6.45) is 0. The largest absolute Gasteiger partial charge is 0.491 e. The topological polar surface area (TPSA) is 38.7 Å². The van der Waals surface area contributed by atoms with Crippen LogP contribution in [0.5, 0.6) is 5.75 Å². The van der Waals surface area contributed by atoms with E-state index in [1.165, 1.54) is 0 Å². The number of fused-ring (bicyclic) bond motifs is 1. The van der Waals surface area contributed by atoms with Gasteiger partial charge in [-0.2, -0.15) is 0 Å². The van der Waals surface area contributed by atoms with Crippen molar-refractivity contribution in [2.75, 3.05) is 26.9 Å². The molecule has 3 nitrogen and oxygen atoms in total. The smallest absolute Gasteiger partial charge is 0.120 e. The number of hydrogen-bond donors (Lipinski definition) is 1. The van der Waals surface area contributed by atoms with Crippen molar-refractivity contribution in [1.82, 2.24) is 0 Å². The van der Waals surface area contributed by atoms with Crippen LogP contribution in [0.15, 0.2) is 36.4 Å². The molecule has 3 heteroatoms. The number of rotatable bonds is 4. The van der Waals surface area contributed by atoms with Gasteiger partial charge >= 0.3 is 0 Å². The summed E-state index contributed by atoms with van der Waals surface area (Å²) in [5.74, 6) is 6.37. The predicted octanol–water partition coefficient (Wildman–Crippen LogP) is 2.21. The van der Waals surface area contributed by atoms with E-state index in [4.69, 9.17) is 14.6 Å². The molecule has 0 aliphatic rings. The molecule has 0 amide bonds. The second kappa shape index (κ2) is 6.79. The van der Waals surface area contributed by atoms with Crippen molar-refractivity contribution in [3.8, 4) is 17.6 Å². The first-order valence-corrected chi connectivity index (χ1v) is 6.09. The Bertz CT molecular complexity index is 608. The number of ether oxygens (including phenoxy) is 2. The monoisotopic (exact) mass is 256 g/mol. The zero-order valence-electron chi connectivity index (χ0n) is 10.8. The summed E-state index contributed by atoms with van der Waals surface area (Å²) in [6, 6.07) is 11.9. The van der Waals surface area contributed by atoms with Crippen LogP contribution in [0.3, 0.4) is 0 Å². The average Bonchev–Trinajstić information content (AvgIpc) is 2.45. The zero-order chi connectivity index (χ0) is 13.5. The van der Waals surface area contributed by atoms with E-state index in [2.05, 4.69) is 11.8 Å². The number of hydrogen-bond acceptors (Lipinski definition) is 3. The molecule has 1 N–H and O–H groups in total. The molecule has 0 saturated heterocycles. The summed E-state index contributed by atoms with van der Waals surface area (Å²) in [4.78, 5) is 0. The molecule has 2 aromatic carbocycles. The van der Waals surface area contributed by atoms with Gasteiger partial charge in [-0.05, 0) is 35.0 Å². The van der Waals surface area contributed by atoms with E-state index in [-0.39, 0.29) is 6.61 Å². The van der Waals surface area contributed by atoms with E-state index in [1.54, 1.807) is 7.11 Å². The first kappa shape index (κ1) is 13.4. The fraction of sp³-hybridized carbons (Fsp3) is 0.250. The summed E-state index contributed by atoms with van der Waals surface area (Å²) in [7, 11) is 1.65. The first-order chi connectivity index (χ1) is 9.33. The Kier molecular flexibility index (Phi) is 4.79. The quantitative estimate of drug-likeness (QED) is 0.673. The number of benzene rings is 2. The van der Waals surface area contributed by atoms with E-state index in [0.717, 1.165) is 22.1 Å². The van der Waals surface area contributed by atoms with E-state index >= 15 is 0 Å². The van der Waals surface area contributed by atoms with Gasteiger partial charge in [0.05, 0.1) is 6.61 Å². The molecule has 0 atom stereocenters. The van der Waals surface area contributed by atoms with Gasteiger partial charge in [0.2, 0.25) is 0 Å². The molecule has 0 aliphatic heterocycles. The van der Waals surface area contributed by atoms with Crippen LogP contribution in [-0.2, 0) is 4.74 Å². The number of aliphatic hydroxyl groups is 1. The first-order valence-electron chi connectivity index (χ1n) is 6.09. The van der Waals surface area contributed by atoms with Crippen molar-refractivity contribution >= 4 is 10.8 Å². The lowest BCUT2D eigenvalue weighted by Crippen LogP contribution is -2.03. The van der Waals surface area contributed by atoms with Crippen LogP contribution in [0, 0.1) is 11.8 Å². The molecule has 0 radical (unpaired) electrons. The summed E-state index contributed by atoms with van der Waals surface area (Å²) >= 11 is 0. The van der Waals surface area contributed by atoms with E-state index in [0.29, 0.717) is 13.2 Å². The summed E-state index contributed by atoms with van der Waals surface area (Å²) in [5.41, 5.74) is 0.898. The molecule has 98 valence electrons. The summed E-state index contributed by atoms with van der Waals surface area (Å²) in [6.45, 7) is 1.00. The molecule has 0 aliphatic carbocycles. The lowest BCUT2D eigenvalue weighted by Gasteiger charge is -2.06. The molecular formula is C16H16O3. The van der Waals surface area contributed by atoms with Crippen LogP contribution in [-0.4, -0.2) is 32.0 Å². The molecule has 0 saturated carbocycles. The highest BCUT2D eigenvalue weighted by molar-refractivity contribution is 5.85. The Balaban J connectivity index is 2.20. The highest BCUT2D eigenvalue weighted by Gasteiger charge is 1.98. The minimum atomic E-state index is -0.121. The zero-order valence-corrected chi connectivity index (χ0v) is 10.8. The molecule has 2 rings (SSSR count). The summed E-state index contributed by atoms with van der Waals surface area (Å²) < 4.78 is 10.5. The Hall–Kier alpha value is -2.02. The minimum absolute atomic E-state index is 0.121. The Morgan fingerprint density at radius 1 is 1.05 bits per heavy atom. The predicted molar refractivity (Wildman–Crippen MR) is 75.3 cm³/mol. The van der Waals surface area contributed by atoms with Crippen LogP contribution < -0.4 is 4.74 Å². The van der Waals surface area contributed by atoms with Gasteiger partial charge in [0, 0.05) is 12.7 Å². The molecule has 0 unspecified atom stereocenters. The second-order valence-corrected chi connectivity index (χ2v) is 4.02. The van der Waals surface area contributed by atoms with Gasteiger partial charge in [-0.25, -0.2) is 0 Å². The Morgan fingerprint density at radius 2 is 1.84 bits per heavy atom. The van der Waals surface area contributed by atoms with Crippen LogP contribution in [0.2, 0.25) is 0 Å². The van der Waals surface area contributed by atoms with Gasteiger partial charge in [-0.3, -0.25) is 0 Å². The molecule has 19 heavy (non-hydrogen) atoms. The van der Waals surface area contributed by atoms with E-state index in [9.17, 15) is 0 Å². The third-order valence-corrected chi connectivity index (χ3v) is 2.68. The standard InChI is InChI=1S/C16H16O3/c1-18-9-10-19-16-7-6-14-11-13(3-2-8-17)4-5-15(14)12-16/h4-7,11-12,17H,8-10H2,1H3. The van der Waals surface area contributed by atoms with Crippen molar-refractivity contribution in [1.29, 1.82) is 0 Å². The lowest BCUT2D eigenvalue weighted by atomic mass is 10.1. The highest BCUT2D eigenvalue weighted by Crippen LogP contribution is 2.21. The third-order valence-electron chi connectivity index (χ3n) is 2.68. The molecule has 0 fully saturated rings. The van der Waals surface area contributed by atoms with Crippen molar-refractivity contribution in [2.45, 2.75) is 0 Å². The molecular weight excluding hydrogens is 240 g/mol. The molecule has 0 bridgehead atoms. The summed E-state index contributed by atoms with van der Waals surface area (Å²) in [5, 5.41) is 10.9. The molecule has 0 heterocycles. The van der Waals surface area contributed by atoms with E-state index in [1.807, 2.05) is 36.4 Å². The highest BCUT2D eigenvalue weighted by atomic mass is 16.5. The third kappa shape index (κ3) is 3.72. The van der Waals surface area contributed by atoms with Crippen molar-refractivity contribution < 1.29 is 14.6 Å².